The lowest BCUT2D eigenvalue weighted by atomic mass is 9.47. The Labute approximate surface area is 222 Å². The van der Waals surface area contributed by atoms with Gasteiger partial charge in [-0.3, -0.25) is 19.8 Å². The number of ether oxygens (including phenoxy) is 1. The quantitative estimate of drug-likeness (QED) is 0.356. The Morgan fingerprint density at radius 1 is 1.28 bits per heavy atom. The summed E-state index contributed by atoms with van der Waals surface area (Å²) in [5, 5.41) is 23.7. The molecular formula is C28H28F3N3O5. The third-order valence-corrected chi connectivity index (χ3v) is 9.50. The van der Waals surface area contributed by atoms with E-state index in [0.717, 1.165) is 17.7 Å². The molecule has 2 aliphatic heterocycles. The maximum atomic E-state index is 13.3. The molecule has 0 radical (unpaired) electrons. The largest absolute Gasteiger partial charge is 0.504 e. The second-order valence-electron chi connectivity index (χ2n) is 11.1. The molecule has 1 saturated heterocycles. The molecule has 0 aromatic heterocycles. The minimum Gasteiger partial charge on any atom is -0.504 e. The average molecular weight is 544 g/mol. The summed E-state index contributed by atoms with van der Waals surface area (Å²) in [5.74, 6) is -0.269. The van der Waals surface area contributed by atoms with E-state index in [2.05, 4.69) is 0 Å². The van der Waals surface area contributed by atoms with Crippen LogP contribution in [0.5, 0.6) is 11.5 Å². The van der Waals surface area contributed by atoms with Crippen molar-refractivity contribution in [3.8, 4) is 11.5 Å². The number of benzene rings is 2. The highest BCUT2D eigenvalue weighted by Gasteiger charge is 2.80. The maximum absolute atomic E-state index is 13.3. The summed E-state index contributed by atoms with van der Waals surface area (Å²) in [7, 11) is 3.49. The number of halogens is 3. The molecule has 5 atom stereocenters. The minimum atomic E-state index is -4.50. The molecule has 2 aliphatic carbocycles. The van der Waals surface area contributed by atoms with Crippen LogP contribution < -0.4 is 4.74 Å². The van der Waals surface area contributed by atoms with E-state index < -0.39 is 40.7 Å². The average Bonchev–Trinajstić information content (AvgIpc) is 3.25. The lowest BCUT2D eigenvalue weighted by Gasteiger charge is -2.61. The Hall–Kier alpha value is -3.60. The predicted molar refractivity (Wildman–Crippen MR) is 135 cm³/mol. The number of likely N-dealkylation sites (tertiary alicyclic amines) is 1. The van der Waals surface area contributed by atoms with E-state index in [1.54, 1.807) is 13.1 Å². The smallest absolute Gasteiger partial charge is 0.416 e. The number of hydrogen-bond donors (Lipinski definition) is 1. The van der Waals surface area contributed by atoms with Crippen LogP contribution in [-0.4, -0.2) is 70.1 Å². The fraction of sp³-hybridized carbons (Fsp3) is 0.464. The number of carbonyl (C=O) groups is 1. The van der Waals surface area contributed by atoms with Crippen LogP contribution in [0.25, 0.3) is 6.08 Å². The van der Waals surface area contributed by atoms with Crippen molar-refractivity contribution in [1.82, 2.24) is 9.80 Å². The zero-order chi connectivity index (χ0) is 27.9. The number of rotatable bonds is 4. The molecule has 1 amide bonds. The van der Waals surface area contributed by atoms with Crippen LogP contribution in [0, 0.1) is 10.1 Å². The summed E-state index contributed by atoms with van der Waals surface area (Å²) < 4.78 is 45.7. The monoisotopic (exact) mass is 543 g/mol. The molecule has 2 heterocycles. The van der Waals surface area contributed by atoms with Gasteiger partial charge in [-0.1, -0.05) is 18.2 Å². The molecule has 1 N–H and O–H groups in total. The van der Waals surface area contributed by atoms with Gasteiger partial charge in [0.25, 0.3) is 5.54 Å². The lowest BCUT2D eigenvalue weighted by Crippen LogP contribution is -2.80. The van der Waals surface area contributed by atoms with Crippen molar-refractivity contribution in [2.45, 2.75) is 61.0 Å². The van der Waals surface area contributed by atoms with Crippen LogP contribution in [0.4, 0.5) is 13.2 Å². The Kier molecular flexibility index (Phi) is 5.56. The van der Waals surface area contributed by atoms with Gasteiger partial charge in [-0.05, 0) is 68.3 Å². The standard InChI is InChI=1S/C28H28F3N3O5/c1-32-13-12-26-23-17-7-8-20(35)24(23)39-25(26)19(10-11-27(26,34(37)38)21(32)15-17)33(2)22(36)9-6-16-4-3-5-18(14-16)28(29,30)31/h3-9,14,19,21,25,35H,10-13,15H2,1-2H3/b9-6+/t19?,21-,25?,26+,27-/m1/s1. The highest BCUT2D eigenvalue weighted by molar-refractivity contribution is 5.92. The number of piperidine rings is 1. The van der Waals surface area contributed by atoms with Crippen molar-refractivity contribution in [2.75, 3.05) is 20.6 Å². The first-order valence-electron chi connectivity index (χ1n) is 12.9. The first-order chi connectivity index (χ1) is 18.4. The Morgan fingerprint density at radius 3 is 2.77 bits per heavy atom. The molecule has 2 aromatic carbocycles. The van der Waals surface area contributed by atoms with Crippen molar-refractivity contribution in [2.24, 2.45) is 0 Å². The van der Waals surface area contributed by atoms with Gasteiger partial charge in [-0.25, -0.2) is 0 Å². The molecule has 2 aromatic rings. The topological polar surface area (TPSA) is 96.2 Å². The van der Waals surface area contributed by atoms with Crippen molar-refractivity contribution < 1.29 is 32.7 Å². The van der Waals surface area contributed by atoms with Crippen LogP contribution in [-0.2, 0) is 22.8 Å². The molecule has 2 bridgehead atoms. The van der Waals surface area contributed by atoms with Crippen molar-refractivity contribution in [1.29, 1.82) is 0 Å². The van der Waals surface area contributed by atoms with Gasteiger partial charge in [0, 0.05) is 30.0 Å². The van der Waals surface area contributed by atoms with Gasteiger partial charge >= 0.3 is 6.18 Å². The normalized spacial score (nSPS) is 31.1. The second-order valence-corrected chi connectivity index (χ2v) is 11.1. The van der Waals surface area contributed by atoms with Crippen molar-refractivity contribution in [3.05, 3.63) is 74.8 Å². The van der Waals surface area contributed by atoms with E-state index in [9.17, 15) is 33.2 Å². The number of alkyl halides is 3. The van der Waals surface area contributed by atoms with Gasteiger partial charge in [0.1, 0.15) is 11.5 Å². The van der Waals surface area contributed by atoms with E-state index in [-0.39, 0.29) is 34.4 Å². The van der Waals surface area contributed by atoms with E-state index in [0.29, 0.717) is 31.4 Å². The Bertz CT molecular complexity index is 1410. The summed E-state index contributed by atoms with van der Waals surface area (Å²) in [6.07, 6.45) is -1.27. The van der Waals surface area contributed by atoms with E-state index >= 15 is 0 Å². The van der Waals surface area contributed by atoms with Crippen LogP contribution in [0.1, 0.15) is 41.5 Å². The Morgan fingerprint density at radius 2 is 2.05 bits per heavy atom. The summed E-state index contributed by atoms with van der Waals surface area (Å²) in [5.41, 5.74) is -1.35. The van der Waals surface area contributed by atoms with Gasteiger partial charge in [0.05, 0.1) is 17.6 Å². The highest BCUT2D eigenvalue weighted by atomic mass is 19.4. The first-order valence-corrected chi connectivity index (χ1v) is 12.9. The number of nitrogens with zero attached hydrogens (tertiary/aromatic N) is 3. The van der Waals surface area contributed by atoms with Gasteiger partial charge in [-0.2, -0.15) is 13.2 Å². The number of likely N-dealkylation sites (N-methyl/N-ethyl adjacent to an activating group) is 2. The molecule has 2 unspecified atom stereocenters. The molecule has 39 heavy (non-hydrogen) atoms. The SMILES string of the molecule is CN(C(=O)/C=C/c1cccc(C(F)(F)F)c1)C1CC[C@@]2([N+](=O)[O-])[C@H]3Cc4ccc(O)c5c4[C@@]2(CCN3C)C1O5. The molecule has 11 heteroatoms. The molecular weight excluding hydrogens is 515 g/mol. The Balaban J connectivity index is 1.38. The molecule has 2 fully saturated rings. The van der Waals surface area contributed by atoms with Crippen LogP contribution in [0.2, 0.25) is 0 Å². The minimum absolute atomic E-state index is 0.0793. The molecule has 206 valence electrons. The van der Waals surface area contributed by atoms with E-state index in [1.165, 1.54) is 29.2 Å². The molecule has 1 spiro atoms. The van der Waals surface area contributed by atoms with Gasteiger partial charge < -0.3 is 14.7 Å². The van der Waals surface area contributed by atoms with Crippen LogP contribution in [0.15, 0.2) is 42.5 Å². The second kappa shape index (κ2) is 8.45. The summed E-state index contributed by atoms with van der Waals surface area (Å²) in [4.78, 5) is 29.6. The van der Waals surface area contributed by atoms with Gasteiger partial charge in [-0.15, -0.1) is 0 Å². The zero-order valence-corrected chi connectivity index (χ0v) is 21.4. The molecule has 4 aliphatic rings. The van der Waals surface area contributed by atoms with Crippen LogP contribution in [0.3, 0.4) is 0 Å². The van der Waals surface area contributed by atoms with Gasteiger partial charge in [0.2, 0.25) is 5.91 Å². The fourth-order valence-corrected chi connectivity index (χ4v) is 7.77. The third kappa shape index (κ3) is 3.38. The van der Waals surface area contributed by atoms with Crippen LogP contribution >= 0.6 is 0 Å². The van der Waals surface area contributed by atoms with Gasteiger partial charge in [0.15, 0.2) is 11.5 Å². The van der Waals surface area contributed by atoms with E-state index in [1.807, 2.05) is 18.0 Å². The van der Waals surface area contributed by atoms with E-state index in [4.69, 9.17) is 4.74 Å². The number of phenolic OH excluding ortho intramolecular Hbond substituents is 1. The summed E-state index contributed by atoms with van der Waals surface area (Å²) in [6, 6.07) is 7.15. The number of nitro groups is 1. The number of aromatic hydroxyl groups is 1. The number of phenols is 1. The molecule has 8 nitrogen and oxygen atoms in total. The summed E-state index contributed by atoms with van der Waals surface area (Å²) in [6.45, 7) is 0.606. The lowest BCUT2D eigenvalue weighted by molar-refractivity contribution is -0.605. The number of carbonyl (C=O) groups excluding carboxylic acids is 1. The fourth-order valence-electron chi connectivity index (χ4n) is 7.77. The highest BCUT2D eigenvalue weighted by Crippen LogP contribution is 2.66. The maximum Gasteiger partial charge on any atom is 0.416 e. The number of amides is 1. The summed E-state index contributed by atoms with van der Waals surface area (Å²) >= 11 is 0. The predicted octanol–water partition coefficient (Wildman–Crippen LogP) is 4.02. The van der Waals surface area contributed by atoms with Crippen molar-refractivity contribution >= 4 is 12.0 Å². The molecule has 6 rings (SSSR count). The number of hydrogen-bond acceptors (Lipinski definition) is 6. The molecule has 1 saturated carbocycles. The first kappa shape index (κ1) is 25.7. The van der Waals surface area contributed by atoms with Crippen molar-refractivity contribution in [3.63, 3.8) is 0 Å². The zero-order valence-electron chi connectivity index (χ0n) is 21.4. The third-order valence-electron chi connectivity index (χ3n) is 9.50.